The van der Waals surface area contributed by atoms with Gasteiger partial charge in [0.05, 0.1) is 16.0 Å². The highest BCUT2D eigenvalue weighted by atomic mass is 35.5. The van der Waals surface area contributed by atoms with Crippen LogP contribution in [0.15, 0.2) is 28.0 Å². The quantitative estimate of drug-likeness (QED) is 0.777. The third-order valence-electron chi connectivity index (χ3n) is 2.77. The average Bonchev–Trinajstić information content (AvgIpc) is 2.38. The summed E-state index contributed by atoms with van der Waals surface area (Å²) in [4.78, 5) is -0.395. The second kappa shape index (κ2) is 6.75. The highest BCUT2D eigenvalue weighted by molar-refractivity contribution is 7.91. The minimum atomic E-state index is -3.95. The molecule has 116 valence electrons. The Morgan fingerprint density at radius 1 is 1.29 bits per heavy atom. The second-order valence-corrected chi connectivity index (χ2v) is 8.60. The predicted octanol–water partition coefficient (Wildman–Crippen LogP) is 1.67. The zero-order chi connectivity index (χ0) is 16.3. The fourth-order valence-electron chi connectivity index (χ4n) is 1.67. The van der Waals surface area contributed by atoms with E-state index in [9.17, 15) is 16.8 Å². The number of rotatable bonds is 6. The first-order valence-electron chi connectivity index (χ1n) is 6.01. The van der Waals surface area contributed by atoms with Gasteiger partial charge in [-0.05, 0) is 18.2 Å². The molecule has 1 rings (SSSR count). The molecule has 1 aromatic rings. The summed E-state index contributed by atoms with van der Waals surface area (Å²) in [5, 5.41) is 8.52. The number of nitriles is 1. The van der Waals surface area contributed by atoms with Gasteiger partial charge in [-0.3, -0.25) is 0 Å². The van der Waals surface area contributed by atoms with Crippen molar-refractivity contribution in [1.29, 1.82) is 5.26 Å². The van der Waals surface area contributed by atoms with Gasteiger partial charge in [0.15, 0.2) is 9.84 Å². The van der Waals surface area contributed by atoms with Crippen LogP contribution in [0.3, 0.4) is 0 Å². The summed E-state index contributed by atoms with van der Waals surface area (Å²) in [6.07, 6.45) is 1.02. The maximum Gasteiger partial charge on any atom is 0.244 e. The van der Waals surface area contributed by atoms with Crippen LogP contribution < -0.4 is 0 Å². The molecule has 0 aliphatic rings. The Morgan fingerprint density at radius 3 is 2.38 bits per heavy atom. The smallest absolute Gasteiger partial charge is 0.224 e. The molecule has 0 amide bonds. The van der Waals surface area contributed by atoms with Crippen LogP contribution in [0.2, 0.25) is 5.02 Å². The van der Waals surface area contributed by atoms with Crippen LogP contribution in [-0.2, 0) is 19.9 Å². The van der Waals surface area contributed by atoms with Crippen molar-refractivity contribution in [3.05, 3.63) is 23.2 Å². The van der Waals surface area contributed by atoms with Gasteiger partial charge in [-0.1, -0.05) is 18.5 Å². The van der Waals surface area contributed by atoms with Gasteiger partial charge in [0.2, 0.25) is 10.0 Å². The van der Waals surface area contributed by atoms with Crippen LogP contribution in [0.1, 0.15) is 13.3 Å². The van der Waals surface area contributed by atoms with E-state index < -0.39 is 19.9 Å². The predicted molar refractivity (Wildman–Crippen MR) is 79.2 cm³/mol. The van der Waals surface area contributed by atoms with Gasteiger partial charge in [0.25, 0.3) is 0 Å². The third-order valence-corrected chi connectivity index (χ3v) is 6.34. The number of sulfonamides is 1. The summed E-state index contributed by atoms with van der Waals surface area (Å²) in [6, 6.07) is 5.41. The number of hydrogen-bond acceptors (Lipinski definition) is 5. The fourth-order valence-corrected chi connectivity index (χ4v) is 4.35. The van der Waals surface area contributed by atoms with Crippen LogP contribution in [0.4, 0.5) is 0 Å². The first-order chi connectivity index (χ1) is 9.64. The zero-order valence-corrected chi connectivity index (χ0v) is 14.0. The fraction of sp³-hybridized carbons (Fsp3) is 0.417. The van der Waals surface area contributed by atoms with Gasteiger partial charge >= 0.3 is 0 Å². The van der Waals surface area contributed by atoms with E-state index in [0.29, 0.717) is 0 Å². The lowest BCUT2D eigenvalue weighted by atomic mass is 10.4. The van der Waals surface area contributed by atoms with Crippen molar-refractivity contribution >= 4 is 31.5 Å². The van der Waals surface area contributed by atoms with E-state index in [-0.39, 0.29) is 34.3 Å². The van der Waals surface area contributed by atoms with Gasteiger partial charge in [0, 0.05) is 25.8 Å². The maximum absolute atomic E-state index is 12.5. The van der Waals surface area contributed by atoms with E-state index >= 15 is 0 Å². The molecule has 21 heavy (non-hydrogen) atoms. The molecule has 0 heterocycles. The zero-order valence-electron chi connectivity index (χ0n) is 11.6. The summed E-state index contributed by atoms with van der Waals surface area (Å²) in [7, 11) is -7.50. The van der Waals surface area contributed by atoms with Crippen LogP contribution in [0.25, 0.3) is 0 Å². The van der Waals surface area contributed by atoms with E-state index in [1.54, 1.807) is 6.92 Å². The standard InChI is InChI=1S/C12H15ClN2O4S2/c1-3-15(8-4-7-14)21(18,19)12-9-10(20(2,16)17)5-6-11(12)13/h5-6,9H,3-4,8H2,1-2H3. The molecule has 0 aliphatic carbocycles. The SMILES string of the molecule is CCN(CCC#N)S(=O)(=O)c1cc(S(C)(=O)=O)ccc1Cl. The largest absolute Gasteiger partial charge is 0.244 e. The summed E-state index contributed by atoms with van der Waals surface area (Å²) >= 11 is 5.90. The molecule has 6 nitrogen and oxygen atoms in total. The lowest BCUT2D eigenvalue weighted by molar-refractivity contribution is 0.435. The van der Waals surface area contributed by atoms with Gasteiger partial charge < -0.3 is 0 Å². The van der Waals surface area contributed by atoms with E-state index in [2.05, 4.69) is 0 Å². The van der Waals surface area contributed by atoms with Crippen LogP contribution in [0.5, 0.6) is 0 Å². The van der Waals surface area contributed by atoms with Gasteiger partial charge in [-0.2, -0.15) is 9.57 Å². The Kier molecular flexibility index (Phi) is 5.75. The molecule has 0 saturated heterocycles. The molecule has 0 unspecified atom stereocenters. The molecule has 0 aliphatic heterocycles. The molecule has 0 atom stereocenters. The molecule has 0 bridgehead atoms. The Bertz CT molecular complexity index is 767. The van der Waals surface area contributed by atoms with Gasteiger partial charge in [-0.25, -0.2) is 16.8 Å². The Hall–Kier alpha value is -1.14. The molecule has 0 aromatic heterocycles. The summed E-state index contributed by atoms with van der Waals surface area (Å²) in [6.45, 7) is 1.81. The number of nitrogens with zero attached hydrogens (tertiary/aromatic N) is 2. The number of hydrogen-bond donors (Lipinski definition) is 0. The number of benzene rings is 1. The maximum atomic E-state index is 12.5. The van der Waals surface area contributed by atoms with E-state index in [4.69, 9.17) is 16.9 Å². The van der Waals surface area contributed by atoms with Crippen molar-refractivity contribution < 1.29 is 16.8 Å². The summed E-state index contributed by atoms with van der Waals surface area (Å²) < 4.78 is 49.2. The van der Waals surface area contributed by atoms with Gasteiger partial charge in [0.1, 0.15) is 4.90 Å². The molecule has 0 saturated carbocycles. The van der Waals surface area contributed by atoms with Crippen molar-refractivity contribution in [2.75, 3.05) is 19.3 Å². The van der Waals surface area contributed by atoms with Crippen molar-refractivity contribution in [3.8, 4) is 6.07 Å². The van der Waals surface area contributed by atoms with E-state index in [1.807, 2.05) is 6.07 Å². The molecule has 9 heteroatoms. The molecular formula is C12H15ClN2O4S2. The first kappa shape index (κ1) is 17.9. The molecular weight excluding hydrogens is 336 g/mol. The van der Waals surface area contributed by atoms with Crippen molar-refractivity contribution in [2.45, 2.75) is 23.1 Å². The minimum Gasteiger partial charge on any atom is -0.224 e. The third kappa shape index (κ3) is 4.17. The van der Waals surface area contributed by atoms with Crippen molar-refractivity contribution in [1.82, 2.24) is 4.31 Å². The highest BCUT2D eigenvalue weighted by Crippen LogP contribution is 2.27. The topological polar surface area (TPSA) is 95.3 Å². The van der Waals surface area contributed by atoms with E-state index in [1.165, 1.54) is 12.1 Å². The molecule has 1 aromatic carbocycles. The monoisotopic (exact) mass is 350 g/mol. The Balaban J connectivity index is 3.40. The molecule has 0 radical (unpaired) electrons. The van der Waals surface area contributed by atoms with Crippen LogP contribution >= 0.6 is 11.6 Å². The summed E-state index contributed by atoms with van der Waals surface area (Å²) in [5.41, 5.74) is 0. The second-order valence-electron chi connectivity index (χ2n) is 4.27. The van der Waals surface area contributed by atoms with E-state index in [0.717, 1.165) is 16.6 Å². The Labute approximate surface area is 129 Å². The van der Waals surface area contributed by atoms with Crippen LogP contribution in [0, 0.1) is 11.3 Å². The first-order valence-corrected chi connectivity index (χ1v) is 9.72. The Morgan fingerprint density at radius 2 is 1.90 bits per heavy atom. The average molecular weight is 351 g/mol. The number of halogens is 1. The normalized spacial score (nSPS) is 12.3. The van der Waals surface area contributed by atoms with Crippen LogP contribution in [-0.4, -0.2) is 40.5 Å². The van der Waals surface area contributed by atoms with Crippen molar-refractivity contribution in [2.24, 2.45) is 0 Å². The van der Waals surface area contributed by atoms with Gasteiger partial charge in [-0.15, -0.1) is 0 Å². The summed E-state index contributed by atoms with van der Waals surface area (Å²) in [5.74, 6) is 0. The number of sulfone groups is 1. The van der Waals surface area contributed by atoms with Crippen molar-refractivity contribution in [3.63, 3.8) is 0 Å². The minimum absolute atomic E-state index is 0.0226. The lowest BCUT2D eigenvalue weighted by Crippen LogP contribution is -2.32. The highest BCUT2D eigenvalue weighted by Gasteiger charge is 2.26. The molecule has 0 fully saturated rings. The molecule has 0 N–H and O–H groups in total. The molecule has 0 spiro atoms. The lowest BCUT2D eigenvalue weighted by Gasteiger charge is -2.20.